The molecule has 0 aliphatic rings. The summed E-state index contributed by atoms with van der Waals surface area (Å²) in [5.41, 5.74) is 7.54. The normalized spacial score (nSPS) is 10.8. The van der Waals surface area contributed by atoms with Gasteiger partial charge in [-0.25, -0.2) is 13.6 Å². The van der Waals surface area contributed by atoms with E-state index in [1.54, 1.807) is 29.2 Å². The zero-order chi connectivity index (χ0) is 18.3. The number of nitrogens with two attached hydrogens (primary N) is 2. The Kier molecular flexibility index (Phi) is 8.74. The van der Waals surface area contributed by atoms with Crippen LogP contribution in [0.1, 0.15) is 27.9 Å². The van der Waals surface area contributed by atoms with Crippen molar-refractivity contribution in [1.29, 1.82) is 0 Å². The quantitative estimate of drug-likeness (QED) is 0.709. The molecule has 0 fully saturated rings. The van der Waals surface area contributed by atoms with E-state index >= 15 is 0 Å². The fraction of sp³-hybridized carbons (Fsp3) is 0.278. The molecular formula is C18H24ClN3O3S. The van der Waals surface area contributed by atoms with Gasteiger partial charge in [0.2, 0.25) is 10.0 Å². The predicted octanol–water partition coefficient (Wildman–Crippen LogP) is 1.89. The van der Waals surface area contributed by atoms with Gasteiger partial charge in [-0.1, -0.05) is 42.5 Å². The fourth-order valence-electron chi connectivity index (χ4n) is 2.55. The van der Waals surface area contributed by atoms with Crippen LogP contribution in [0.15, 0.2) is 54.6 Å². The van der Waals surface area contributed by atoms with E-state index in [9.17, 15) is 13.2 Å². The molecule has 0 heterocycles. The first-order valence-corrected chi connectivity index (χ1v) is 9.73. The summed E-state index contributed by atoms with van der Waals surface area (Å²) in [7, 11) is -3.64. The van der Waals surface area contributed by atoms with Gasteiger partial charge in [-0.2, -0.15) is 0 Å². The van der Waals surface area contributed by atoms with Gasteiger partial charge in [0, 0.05) is 18.7 Å². The van der Waals surface area contributed by atoms with Crippen LogP contribution in [0.5, 0.6) is 0 Å². The molecule has 0 aromatic heterocycles. The van der Waals surface area contributed by atoms with Gasteiger partial charge >= 0.3 is 0 Å². The first kappa shape index (κ1) is 22.1. The van der Waals surface area contributed by atoms with Crippen molar-refractivity contribution in [3.8, 4) is 0 Å². The molecule has 0 bridgehead atoms. The molecule has 4 N–H and O–H groups in total. The minimum Gasteiger partial charge on any atom is -0.334 e. The van der Waals surface area contributed by atoms with E-state index in [2.05, 4.69) is 0 Å². The Morgan fingerprint density at radius 3 is 2.27 bits per heavy atom. The van der Waals surface area contributed by atoms with E-state index in [0.29, 0.717) is 37.2 Å². The van der Waals surface area contributed by atoms with Crippen molar-refractivity contribution in [3.05, 3.63) is 71.3 Å². The van der Waals surface area contributed by atoms with Gasteiger partial charge in [0.15, 0.2) is 0 Å². The number of amides is 1. The molecule has 1 amide bonds. The third-order valence-electron chi connectivity index (χ3n) is 3.68. The van der Waals surface area contributed by atoms with Crippen molar-refractivity contribution in [2.75, 3.05) is 13.1 Å². The molecule has 0 unspecified atom stereocenters. The average Bonchev–Trinajstić information content (AvgIpc) is 2.57. The van der Waals surface area contributed by atoms with Crippen molar-refractivity contribution in [2.45, 2.75) is 18.7 Å². The van der Waals surface area contributed by atoms with Crippen molar-refractivity contribution < 1.29 is 13.2 Å². The monoisotopic (exact) mass is 397 g/mol. The summed E-state index contributed by atoms with van der Waals surface area (Å²) in [6, 6.07) is 16.2. The van der Waals surface area contributed by atoms with Crippen LogP contribution in [-0.2, 0) is 22.3 Å². The van der Waals surface area contributed by atoms with Gasteiger partial charge in [0.25, 0.3) is 5.91 Å². The second kappa shape index (κ2) is 10.3. The summed E-state index contributed by atoms with van der Waals surface area (Å²) >= 11 is 0. The Hall–Kier alpha value is -1.93. The highest BCUT2D eigenvalue weighted by Crippen LogP contribution is 2.13. The Bertz CT molecular complexity index is 813. The van der Waals surface area contributed by atoms with Crippen molar-refractivity contribution in [2.24, 2.45) is 10.9 Å². The van der Waals surface area contributed by atoms with Crippen LogP contribution in [0.25, 0.3) is 0 Å². The number of rotatable bonds is 8. The lowest BCUT2D eigenvalue weighted by molar-refractivity contribution is 0.0742. The maximum Gasteiger partial charge on any atom is 0.254 e. The lowest BCUT2D eigenvalue weighted by atomic mass is 10.1. The van der Waals surface area contributed by atoms with E-state index in [1.165, 1.54) is 0 Å². The number of carbonyl (C=O) groups excluding carboxylic acids is 1. The minimum absolute atomic E-state index is 0. The number of carbonyl (C=O) groups is 1. The molecule has 6 nitrogen and oxygen atoms in total. The van der Waals surface area contributed by atoms with Crippen LogP contribution < -0.4 is 10.9 Å². The number of halogens is 1. The Morgan fingerprint density at radius 1 is 1.00 bits per heavy atom. The highest BCUT2D eigenvalue weighted by atomic mass is 35.5. The highest BCUT2D eigenvalue weighted by Gasteiger charge is 2.17. The molecule has 0 saturated carbocycles. The lowest BCUT2D eigenvalue weighted by Gasteiger charge is -2.23. The third kappa shape index (κ3) is 7.13. The smallest absolute Gasteiger partial charge is 0.254 e. The van der Waals surface area contributed by atoms with Crippen molar-refractivity contribution >= 4 is 28.3 Å². The Balaban J connectivity index is 0.00000338. The molecule has 2 aromatic rings. The summed E-state index contributed by atoms with van der Waals surface area (Å²) in [6.07, 6.45) is 0.690. The van der Waals surface area contributed by atoms with Crippen LogP contribution in [0.3, 0.4) is 0 Å². The van der Waals surface area contributed by atoms with E-state index in [-0.39, 0.29) is 24.1 Å². The van der Waals surface area contributed by atoms with Gasteiger partial charge in [0.05, 0.1) is 5.75 Å². The molecule has 8 heteroatoms. The van der Waals surface area contributed by atoms with Gasteiger partial charge in [-0.15, -0.1) is 12.4 Å². The summed E-state index contributed by atoms with van der Waals surface area (Å²) in [5.74, 6) is -0.455. The number of sulfonamides is 1. The Labute approximate surface area is 160 Å². The first-order valence-electron chi connectivity index (χ1n) is 8.02. The standard InChI is InChI=1S/C18H23N3O3S.ClH/c19-10-5-11-21(13-15-6-2-1-3-7-15)18(22)17-9-4-8-16(12-17)14-25(20,23)24;/h1-4,6-9,12H,5,10-11,13-14,19H2,(H2,20,23,24);1H. The topological polar surface area (TPSA) is 106 Å². The molecule has 2 rings (SSSR count). The summed E-state index contributed by atoms with van der Waals surface area (Å²) in [6.45, 7) is 1.49. The van der Waals surface area contributed by atoms with Crippen molar-refractivity contribution in [1.82, 2.24) is 4.90 Å². The van der Waals surface area contributed by atoms with E-state index in [4.69, 9.17) is 10.9 Å². The predicted molar refractivity (Wildman–Crippen MR) is 105 cm³/mol. The lowest BCUT2D eigenvalue weighted by Crippen LogP contribution is -2.32. The van der Waals surface area contributed by atoms with Gasteiger partial charge in [-0.3, -0.25) is 4.79 Å². The van der Waals surface area contributed by atoms with Crippen LogP contribution in [-0.4, -0.2) is 32.3 Å². The van der Waals surface area contributed by atoms with E-state index in [0.717, 1.165) is 5.56 Å². The number of hydrogen-bond acceptors (Lipinski definition) is 4. The number of benzene rings is 2. The summed E-state index contributed by atoms with van der Waals surface area (Å²) in [5, 5.41) is 5.08. The van der Waals surface area contributed by atoms with Gasteiger partial charge in [-0.05, 0) is 36.2 Å². The maximum absolute atomic E-state index is 12.9. The van der Waals surface area contributed by atoms with E-state index in [1.807, 2.05) is 30.3 Å². The van der Waals surface area contributed by atoms with Crippen LogP contribution in [0.2, 0.25) is 0 Å². The zero-order valence-electron chi connectivity index (χ0n) is 14.4. The zero-order valence-corrected chi connectivity index (χ0v) is 16.0. The van der Waals surface area contributed by atoms with Gasteiger partial charge < -0.3 is 10.6 Å². The molecule has 0 saturated heterocycles. The van der Waals surface area contributed by atoms with Crippen LogP contribution in [0, 0.1) is 0 Å². The second-order valence-electron chi connectivity index (χ2n) is 5.86. The van der Waals surface area contributed by atoms with E-state index < -0.39 is 10.0 Å². The van der Waals surface area contributed by atoms with Crippen molar-refractivity contribution in [3.63, 3.8) is 0 Å². The SMILES string of the molecule is Cl.NCCCN(Cc1ccccc1)C(=O)c1cccc(CS(N)(=O)=O)c1. The largest absolute Gasteiger partial charge is 0.334 e. The maximum atomic E-state index is 12.9. The summed E-state index contributed by atoms with van der Waals surface area (Å²) < 4.78 is 22.5. The number of primary sulfonamides is 1. The highest BCUT2D eigenvalue weighted by molar-refractivity contribution is 7.88. The molecule has 2 aromatic carbocycles. The number of hydrogen-bond donors (Lipinski definition) is 2. The first-order chi connectivity index (χ1) is 11.9. The molecule has 0 spiro atoms. The fourth-order valence-corrected chi connectivity index (χ4v) is 3.19. The minimum atomic E-state index is -3.64. The molecule has 0 aliphatic heterocycles. The average molecular weight is 398 g/mol. The Morgan fingerprint density at radius 2 is 1.65 bits per heavy atom. The molecule has 142 valence electrons. The number of nitrogens with zero attached hydrogens (tertiary/aromatic N) is 1. The molecule has 0 aliphatic carbocycles. The van der Waals surface area contributed by atoms with Gasteiger partial charge in [0.1, 0.15) is 0 Å². The van der Waals surface area contributed by atoms with Crippen LogP contribution >= 0.6 is 12.4 Å². The molecule has 0 atom stereocenters. The third-order valence-corrected chi connectivity index (χ3v) is 4.41. The molecular weight excluding hydrogens is 374 g/mol. The summed E-state index contributed by atoms with van der Waals surface area (Å²) in [4.78, 5) is 14.6. The molecule has 26 heavy (non-hydrogen) atoms. The second-order valence-corrected chi connectivity index (χ2v) is 7.48. The molecule has 0 radical (unpaired) electrons. The van der Waals surface area contributed by atoms with Crippen LogP contribution in [0.4, 0.5) is 0 Å².